The average Bonchev–Trinajstić information content (AvgIpc) is 3.21. The van der Waals surface area contributed by atoms with E-state index in [9.17, 15) is 13.2 Å². The summed E-state index contributed by atoms with van der Waals surface area (Å²) in [6.45, 7) is 3.14. The predicted molar refractivity (Wildman–Crippen MR) is 111 cm³/mol. The Bertz CT molecular complexity index is 1050. The van der Waals surface area contributed by atoms with E-state index in [2.05, 4.69) is 5.32 Å². The lowest BCUT2D eigenvalue weighted by molar-refractivity contribution is 0.169. The lowest BCUT2D eigenvalue weighted by Gasteiger charge is -2.34. The first-order valence-electron chi connectivity index (χ1n) is 9.55. The SMILES string of the molecule is CC(NC(=O)N1CCN(S(=O)(=O)c2cccc(Cl)c2)CC1)c1ccc2c(c1)OCO2. The molecule has 2 aromatic carbocycles. The highest BCUT2D eigenvalue weighted by Gasteiger charge is 2.30. The molecule has 1 saturated heterocycles. The Kier molecular flexibility index (Phi) is 5.77. The molecule has 0 aliphatic carbocycles. The topological polar surface area (TPSA) is 88.2 Å². The lowest BCUT2D eigenvalue weighted by Crippen LogP contribution is -2.53. The Morgan fingerprint density at radius 1 is 1.07 bits per heavy atom. The second-order valence-electron chi connectivity index (χ2n) is 7.13. The number of hydrogen-bond donors (Lipinski definition) is 1. The summed E-state index contributed by atoms with van der Waals surface area (Å²) in [7, 11) is -3.64. The maximum Gasteiger partial charge on any atom is 0.317 e. The smallest absolute Gasteiger partial charge is 0.317 e. The molecule has 4 rings (SSSR count). The molecule has 30 heavy (non-hydrogen) atoms. The van der Waals surface area contributed by atoms with Crippen molar-refractivity contribution < 1.29 is 22.7 Å². The highest BCUT2D eigenvalue weighted by atomic mass is 35.5. The molecule has 1 N–H and O–H groups in total. The minimum atomic E-state index is -3.64. The van der Waals surface area contributed by atoms with Gasteiger partial charge in [-0.05, 0) is 42.8 Å². The summed E-state index contributed by atoms with van der Waals surface area (Å²) < 4.78 is 37.7. The minimum Gasteiger partial charge on any atom is -0.454 e. The molecule has 8 nitrogen and oxygen atoms in total. The van der Waals surface area contributed by atoms with Gasteiger partial charge in [0.1, 0.15) is 0 Å². The largest absolute Gasteiger partial charge is 0.454 e. The molecule has 0 radical (unpaired) electrons. The molecule has 0 bridgehead atoms. The third kappa shape index (κ3) is 4.19. The third-order valence-corrected chi connectivity index (χ3v) is 7.33. The second-order valence-corrected chi connectivity index (χ2v) is 9.51. The Hall–Kier alpha value is -2.49. The van der Waals surface area contributed by atoms with Crippen molar-refractivity contribution in [3.05, 3.63) is 53.1 Å². The van der Waals surface area contributed by atoms with Crippen LogP contribution in [0.15, 0.2) is 47.4 Å². The molecule has 1 unspecified atom stereocenters. The zero-order chi connectivity index (χ0) is 21.3. The average molecular weight is 452 g/mol. The molecule has 0 spiro atoms. The number of nitrogens with zero attached hydrogens (tertiary/aromatic N) is 2. The third-order valence-electron chi connectivity index (χ3n) is 5.20. The number of fused-ring (bicyclic) bond motifs is 1. The quantitative estimate of drug-likeness (QED) is 0.772. The standard InChI is InChI=1S/C20H22ClN3O5S/c1-14(15-5-6-18-19(11-15)29-13-28-18)22-20(25)23-7-9-24(10-8-23)30(26,27)17-4-2-3-16(21)12-17/h2-6,11-12,14H,7-10,13H2,1H3,(H,22,25). The fraction of sp³-hybridized carbons (Fsp3) is 0.350. The molecule has 10 heteroatoms. The number of carbonyl (C=O) groups is 1. The number of ether oxygens (including phenoxy) is 2. The van der Waals surface area contributed by atoms with E-state index in [1.165, 1.54) is 16.4 Å². The molecule has 1 fully saturated rings. The number of piperazine rings is 1. The Labute approximate surface area is 180 Å². The van der Waals surface area contributed by atoms with Gasteiger partial charge in [0.15, 0.2) is 11.5 Å². The maximum atomic E-state index is 12.8. The van der Waals surface area contributed by atoms with Crippen molar-refractivity contribution in [2.24, 2.45) is 0 Å². The van der Waals surface area contributed by atoms with Crippen molar-refractivity contribution in [1.82, 2.24) is 14.5 Å². The number of hydrogen-bond acceptors (Lipinski definition) is 5. The normalized spacial score (nSPS) is 17.6. The van der Waals surface area contributed by atoms with Crippen molar-refractivity contribution in [1.29, 1.82) is 0 Å². The van der Waals surface area contributed by atoms with Crippen molar-refractivity contribution in [3.8, 4) is 11.5 Å². The van der Waals surface area contributed by atoms with Gasteiger partial charge in [-0.2, -0.15) is 4.31 Å². The molecule has 2 aromatic rings. The Morgan fingerprint density at radius 2 is 1.80 bits per heavy atom. The van der Waals surface area contributed by atoms with E-state index in [-0.39, 0.29) is 36.9 Å². The summed E-state index contributed by atoms with van der Waals surface area (Å²) in [5.41, 5.74) is 0.898. The summed E-state index contributed by atoms with van der Waals surface area (Å²) in [5, 5.41) is 3.32. The van der Waals surface area contributed by atoms with Gasteiger partial charge in [0.2, 0.25) is 16.8 Å². The van der Waals surface area contributed by atoms with E-state index in [0.717, 1.165) is 5.56 Å². The number of rotatable bonds is 4. The number of urea groups is 1. The molecule has 2 aliphatic heterocycles. The first-order valence-corrected chi connectivity index (χ1v) is 11.4. The van der Waals surface area contributed by atoms with Crippen molar-refractivity contribution >= 4 is 27.7 Å². The fourth-order valence-electron chi connectivity index (χ4n) is 3.45. The number of benzene rings is 2. The summed E-state index contributed by atoms with van der Waals surface area (Å²) in [5.74, 6) is 1.35. The van der Waals surface area contributed by atoms with Crippen LogP contribution in [0.5, 0.6) is 11.5 Å². The van der Waals surface area contributed by atoms with E-state index in [0.29, 0.717) is 29.6 Å². The monoisotopic (exact) mass is 451 g/mol. The molecule has 1 atom stereocenters. The minimum absolute atomic E-state index is 0.157. The van der Waals surface area contributed by atoms with Gasteiger partial charge in [0, 0.05) is 31.2 Å². The number of halogens is 1. The van der Waals surface area contributed by atoms with Crippen molar-refractivity contribution in [2.45, 2.75) is 17.9 Å². The van der Waals surface area contributed by atoms with Gasteiger partial charge in [0.25, 0.3) is 0 Å². The summed E-state index contributed by atoms with van der Waals surface area (Å²) >= 11 is 5.93. The maximum absolute atomic E-state index is 12.8. The van der Waals surface area contributed by atoms with Crippen molar-refractivity contribution in [2.75, 3.05) is 33.0 Å². The van der Waals surface area contributed by atoms with Crippen LogP contribution >= 0.6 is 11.6 Å². The van der Waals surface area contributed by atoms with E-state index >= 15 is 0 Å². The zero-order valence-corrected chi connectivity index (χ0v) is 17.9. The number of carbonyl (C=O) groups excluding carboxylic acids is 1. The van der Waals surface area contributed by atoms with Gasteiger partial charge in [-0.1, -0.05) is 23.7 Å². The van der Waals surface area contributed by atoms with Crippen LogP contribution in [0.3, 0.4) is 0 Å². The molecule has 0 saturated carbocycles. The van der Waals surface area contributed by atoms with Gasteiger partial charge in [-0.25, -0.2) is 13.2 Å². The highest BCUT2D eigenvalue weighted by Crippen LogP contribution is 2.34. The van der Waals surface area contributed by atoms with Gasteiger partial charge in [-0.3, -0.25) is 0 Å². The number of amides is 2. The van der Waals surface area contributed by atoms with Gasteiger partial charge < -0.3 is 19.7 Å². The number of nitrogens with one attached hydrogen (secondary N) is 1. The van der Waals surface area contributed by atoms with Crippen LogP contribution in [-0.4, -0.2) is 56.6 Å². The lowest BCUT2D eigenvalue weighted by atomic mass is 10.1. The van der Waals surface area contributed by atoms with Crippen LogP contribution in [0.2, 0.25) is 5.02 Å². The van der Waals surface area contributed by atoms with Crippen LogP contribution in [0, 0.1) is 0 Å². The van der Waals surface area contributed by atoms with E-state index < -0.39 is 10.0 Å². The zero-order valence-electron chi connectivity index (χ0n) is 16.4. The summed E-state index contributed by atoms with van der Waals surface area (Å²) in [4.78, 5) is 14.4. The van der Waals surface area contributed by atoms with Gasteiger partial charge in [-0.15, -0.1) is 0 Å². The van der Waals surface area contributed by atoms with Gasteiger partial charge >= 0.3 is 6.03 Å². The summed E-state index contributed by atoms with van der Waals surface area (Å²) in [6, 6.07) is 11.3. The highest BCUT2D eigenvalue weighted by molar-refractivity contribution is 7.89. The predicted octanol–water partition coefficient (Wildman–Crippen LogP) is 2.85. The number of sulfonamides is 1. The molecular weight excluding hydrogens is 430 g/mol. The van der Waals surface area contributed by atoms with Crippen LogP contribution < -0.4 is 14.8 Å². The van der Waals surface area contributed by atoms with E-state index in [4.69, 9.17) is 21.1 Å². The fourth-order valence-corrected chi connectivity index (χ4v) is 5.17. The van der Waals surface area contributed by atoms with Crippen LogP contribution in [0.1, 0.15) is 18.5 Å². The Morgan fingerprint density at radius 3 is 2.53 bits per heavy atom. The molecule has 0 aromatic heterocycles. The van der Waals surface area contributed by atoms with Crippen molar-refractivity contribution in [3.63, 3.8) is 0 Å². The van der Waals surface area contributed by atoms with E-state index in [1.807, 2.05) is 25.1 Å². The van der Waals surface area contributed by atoms with E-state index in [1.54, 1.807) is 17.0 Å². The first-order chi connectivity index (χ1) is 14.3. The first kappa shape index (κ1) is 20.8. The molecule has 2 heterocycles. The van der Waals surface area contributed by atoms with Gasteiger partial charge in [0.05, 0.1) is 10.9 Å². The second kappa shape index (κ2) is 8.33. The van der Waals surface area contributed by atoms with Crippen LogP contribution in [0.25, 0.3) is 0 Å². The summed E-state index contributed by atoms with van der Waals surface area (Å²) in [6.07, 6.45) is 0. The molecule has 2 aliphatic rings. The molecule has 160 valence electrons. The Balaban J connectivity index is 1.35. The molecule has 2 amide bonds. The molecular formula is C20H22ClN3O5S. The van der Waals surface area contributed by atoms with Crippen LogP contribution in [-0.2, 0) is 10.0 Å². The van der Waals surface area contributed by atoms with Crippen LogP contribution in [0.4, 0.5) is 4.79 Å².